The molecule has 6 heteroatoms. The summed E-state index contributed by atoms with van der Waals surface area (Å²) >= 11 is 0. The molecule has 2 rings (SSSR count). The lowest BCUT2D eigenvalue weighted by atomic mass is 10.1. The van der Waals surface area contributed by atoms with Gasteiger partial charge < -0.3 is 19.7 Å². The van der Waals surface area contributed by atoms with Crippen LogP contribution in [0.25, 0.3) is 6.08 Å². The molecule has 0 aliphatic rings. The summed E-state index contributed by atoms with van der Waals surface area (Å²) in [5, 5.41) is 2.80. The molecule has 2 aromatic carbocycles. The molecule has 1 N–H and O–H groups in total. The van der Waals surface area contributed by atoms with Crippen LogP contribution in [-0.2, 0) is 4.79 Å². The van der Waals surface area contributed by atoms with E-state index in [2.05, 4.69) is 5.32 Å². The first-order chi connectivity index (χ1) is 14.4. The van der Waals surface area contributed by atoms with Crippen LogP contribution < -0.4 is 14.8 Å². The van der Waals surface area contributed by atoms with Crippen LogP contribution in [0.4, 0.5) is 5.69 Å². The van der Waals surface area contributed by atoms with Crippen LogP contribution in [0.1, 0.15) is 43.6 Å². The molecule has 0 unspecified atom stereocenters. The summed E-state index contributed by atoms with van der Waals surface area (Å²) in [7, 11) is 1.58. The highest BCUT2D eigenvalue weighted by atomic mass is 16.5. The van der Waals surface area contributed by atoms with Crippen molar-refractivity contribution < 1.29 is 19.1 Å². The maximum absolute atomic E-state index is 12.5. The number of hydrogen-bond donors (Lipinski definition) is 1. The number of carbonyl (C=O) groups excluding carboxylic acids is 2. The summed E-state index contributed by atoms with van der Waals surface area (Å²) in [6, 6.07) is 12.4. The van der Waals surface area contributed by atoms with E-state index < -0.39 is 0 Å². The topological polar surface area (TPSA) is 67.9 Å². The van der Waals surface area contributed by atoms with Gasteiger partial charge in [-0.1, -0.05) is 12.1 Å². The number of benzene rings is 2. The standard InChI is InChI=1S/C24H30N2O4/c1-6-26(7-2)24(28)19-9-8-10-20(16-19)25-23(27)14-12-18-11-13-21(30-17(3)4)22(15-18)29-5/h8-17H,6-7H2,1-5H3,(H,25,27)/b14-12+. The second-order valence-electron chi connectivity index (χ2n) is 6.96. The van der Waals surface area contributed by atoms with E-state index in [1.807, 2.05) is 45.9 Å². The van der Waals surface area contributed by atoms with Crippen molar-refractivity contribution in [2.45, 2.75) is 33.8 Å². The normalized spacial score (nSPS) is 10.9. The van der Waals surface area contributed by atoms with Gasteiger partial charge >= 0.3 is 0 Å². The lowest BCUT2D eigenvalue weighted by Gasteiger charge is -2.18. The number of hydrogen-bond acceptors (Lipinski definition) is 4. The number of ether oxygens (including phenoxy) is 2. The minimum absolute atomic E-state index is 0.0375. The van der Waals surface area contributed by atoms with E-state index in [4.69, 9.17) is 9.47 Å². The molecule has 0 aromatic heterocycles. The van der Waals surface area contributed by atoms with Gasteiger partial charge in [0.05, 0.1) is 13.2 Å². The maximum atomic E-state index is 12.5. The molecule has 0 spiro atoms. The fourth-order valence-corrected chi connectivity index (χ4v) is 2.92. The molecule has 6 nitrogen and oxygen atoms in total. The fourth-order valence-electron chi connectivity index (χ4n) is 2.92. The van der Waals surface area contributed by atoms with Crippen LogP contribution in [0.15, 0.2) is 48.5 Å². The zero-order valence-electron chi connectivity index (χ0n) is 18.3. The van der Waals surface area contributed by atoms with Crippen LogP contribution in [0.2, 0.25) is 0 Å². The summed E-state index contributed by atoms with van der Waals surface area (Å²) < 4.78 is 11.1. The number of rotatable bonds is 9. The number of nitrogens with zero attached hydrogens (tertiary/aromatic N) is 1. The monoisotopic (exact) mass is 410 g/mol. The average molecular weight is 411 g/mol. The van der Waals surface area contributed by atoms with E-state index in [9.17, 15) is 9.59 Å². The second-order valence-corrected chi connectivity index (χ2v) is 6.96. The van der Waals surface area contributed by atoms with Crippen LogP contribution in [0, 0.1) is 0 Å². The van der Waals surface area contributed by atoms with Crippen molar-refractivity contribution in [3.63, 3.8) is 0 Å². The minimum atomic E-state index is -0.288. The Morgan fingerprint density at radius 1 is 1.07 bits per heavy atom. The van der Waals surface area contributed by atoms with Gasteiger partial charge in [0.15, 0.2) is 11.5 Å². The lowest BCUT2D eigenvalue weighted by Crippen LogP contribution is -2.30. The first-order valence-electron chi connectivity index (χ1n) is 10.1. The largest absolute Gasteiger partial charge is 0.493 e. The average Bonchev–Trinajstić information content (AvgIpc) is 2.73. The SMILES string of the molecule is CCN(CC)C(=O)c1cccc(NC(=O)/C=C/c2ccc(OC(C)C)c(OC)c2)c1. The van der Waals surface area contributed by atoms with Crippen LogP contribution in [0.5, 0.6) is 11.5 Å². The van der Waals surface area contributed by atoms with Crippen molar-refractivity contribution in [2.75, 3.05) is 25.5 Å². The van der Waals surface area contributed by atoms with Gasteiger partial charge in [-0.2, -0.15) is 0 Å². The molecule has 0 aliphatic heterocycles. The summed E-state index contributed by atoms with van der Waals surface area (Å²) in [5.41, 5.74) is 1.93. The molecule has 0 fully saturated rings. The van der Waals surface area contributed by atoms with Gasteiger partial charge in [-0.15, -0.1) is 0 Å². The van der Waals surface area contributed by atoms with Crippen LogP contribution >= 0.6 is 0 Å². The first-order valence-corrected chi connectivity index (χ1v) is 10.1. The maximum Gasteiger partial charge on any atom is 0.253 e. The van der Waals surface area contributed by atoms with E-state index in [1.165, 1.54) is 6.08 Å². The number of carbonyl (C=O) groups is 2. The second kappa shape index (κ2) is 11.0. The molecular formula is C24H30N2O4. The van der Waals surface area contributed by atoms with Gasteiger partial charge in [0.1, 0.15) is 0 Å². The molecule has 0 heterocycles. The van der Waals surface area contributed by atoms with Crippen molar-refractivity contribution in [3.8, 4) is 11.5 Å². The molecule has 0 atom stereocenters. The molecule has 0 saturated carbocycles. The molecule has 0 radical (unpaired) electrons. The summed E-state index contributed by atoms with van der Waals surface area (Å²) in [6.45, 7) is 9.05. The number of amides is 2. The highest BCUT2D eigenvalue weighted by Crippen LogP contribution is 2.29. The summed E-state index contributed by atoms with van der Waals surface area (Å²) in [6.07, 6.45) is 3.17. The molecule has 30 heavy (non-hydrogen) atoms. The number of methoxy groups -OCH3 is 1. The lowest BCUT2D eigenvalue weighted by molar-refractivity contribution is -0.111. The van der Waals surface area contributed by atoms with Crippen molar-refractivity contribution in [1.29, 1.82) is 0 Å². The third-order valence-corrected chi connectivity index (χ3v) is 4.41. The highest BCUT2D eigenvalue weighted by Gasteiger charge is 2.13. The van der Waals surface area contributed by atoms with E-state index in [0.29, 0.717) is 35.8 Å². The van der Waals surface area contributed by atoms with Crippen molar-refractivity contribution in [3.05, 3.63) is 59.7 Å². The fraction of sp³-hybridized carbons (Fsp3) is 0.333. The zero-order chi connectivity index (χ0) is 22.1. The van der Waals surface area contributed by atoms with E-state index in [0.717, 1.165) is 5.56 Å². The Hall–Kier alpha value is -3.28. The molecule has 0 bridgehead atoms. The molecule has 2 amide bonds. The predicted octanol–water partition coefficient (Wildman–Crippen LogP) is 4.62. The summed E-state index contributed by atoms with van der Waals surface area (Å²) in [4.78, 5) is 26.6. The van der Waals surface area contributed by atoms with Gasteiger partial charge in [0.25, 0.3) is 5.91 Å². The van der Waals surface area contributed by atoms with E-state index >= 15 is 0 Å². The third kappa shape index (κ3) is 6.37. The third-order valence-electron chi connectivity index (χ3n) is 4.41. The van der Waals surface area contributed by atoms with E-state index in [1.54, 1.807) is 42.4 Å². The first kappa shape index (κ1) is 23.0. The predicted molar refractivity (Wildman–Crippen MR) is 120 cm³/mol. The Morgan fingerprint density at radius 2 is 1.80 bits per heavy atom. The van der Waals surface area contributed by atoms with Gasteiger partial charge in [-0.3, -0.25) is 9.59 Å². The van der Waals surface area contributed by atoms with E-state index in [-0.39, 0.29) is 17.9 Å². The molecule has 0 aliphatic carbocycles. The van der Waals surface area contributed by atoms with Crippen molar-refractivity contribution in [1.82, 2.24) is 4.90 Å². The quantitative estimate of drug-likeness (QED) is 0.613. The van der Waals surface area contributed by atoms with Crippen LogP contribution in [0.3, 0.4) is 0 Å². The molecule has 160 valence electrons. The molecular weight excluding hydrogens is 380 g/mol. The smallest absolute Gasteiger partial charge is 0.253 e. The molecule has 2 aromatic rings. The minimum Gasteiger partial charge on any atom is -0.493 e. The number of nitrogens with one attached hydrogen (secondary N) is 1. The molecule has 0 saturated heterocycles. The Morgan fingerprint density at radius 3 is 2.43 bits per heavy atom. The Bertz CT molecular complexity index is 902. The van der Waals surface area contributed by atoms with Crippen LogP contribution in [-0.4, -0.2) is 43.0 Å². The number of anilines is 1. The van der Waals surface area contributed by atoms with Gasteiger partial charge in [0, 0.05) is 30.4 Å². The van der Waals surface area contributed by atoms with Gasteiger partial charge in [-0.05, 0) is 69.7 Å². The van der Waals surface area contributed by atoms with Gasteiger partial charge in [-0.25, -0.2) is 0 Å². The van der Waals surface area contributed by atoms with Crippen molar-refractivity contribution >= 4 is 23.6 Å². The van der Waals surface area contributed by atoms with Gasteiger partial charge in [0.2, 0.25) is 5.91 Å². The Balaban J connectivity index is 2.08. The highest BCUT2D eigenvalue weighted by molar-refractivity contribution is 6.03. The zero-order valence-corrected chi connectivity index (χ0v) is 18.3. The van der Waals surface area contributed by atoms with Crippen molar-refractivity contribution in [2.24, 2.45) is 0 Å². The Labute approximate surface area is 178 Å². The Kier molecular flexibility index (Phi) is 8.47. The summed E-state index contributed by atoms with van der Waals surface area (Å²) in [5.74, 6) is 0.920.